The molecule has 1 aromatic carbocycles. The van der Waals surface area contributed by atoms with Gasteiger partial charge in [-0.3, -0.25) is 4.79 Å². The topological polar surface area (TPSA) is 46.5 Å². The van der Waals surface area contributed by atoms with Gasteiger partial charge in [-0.05, 0) is 30.0 Å². The van der Waals surface area contributed by atoms with Crippen LogP contribution in [-0.2, 0) is 4.79 Å². The molecule has 0 aromatic heterocycles. The highest BCUT2D eigenvalue weighted by atomic mass is 16.5. The summed E-state index contributed by atoms with van der Waals surface area (Å²) >= 11 is 0. The quantitative estimate of drug-likeness (QED) is 0.833. The lowest BCUT2D eigenvalue weighted by molar-refractivity contribution is -0.141. The number of carbonyl (C=O) groups is 1. The highest BCUT2D eigenvalue weighted by Gasteiger charge is 2.23. The average molecular weight is 222 g/mol. The number of ether oxygens (including phenoxy) is 1. The van der Waals surface area contributed by atoms with Crippen molar-refractivity contribution in [1.29, 1.82) is 0 Å². The maximum Gasteiger partial charge on any atom is 0.306 e. The van der Waals surface area contributed by atoms with Gasteiger partial charge in [-0.25, -0.2) is 0 Å². The molecule has 0 heterocycles. The molecule has 0 aliphatic heterocycles. The van der Waals surface area contributed by atoms with Gasteiger partial charge in [0.25, 0.3) is 0 Å². The van der Waals surface area contributed by atoms with E-state index in [4.69, 9.17) is 9.84 Å². The van der Waals surface area contributed by atoms with Crippen molar-refractivity contribution in [3.05, 3.63) is 29.8 Å². The van der Waals surface area contributed by atoms with E-state index in [1.54, 1.807) is 14.0 Å². The molecule has 0 radical (unpaired) electrons. The Morgan fingerprint density at radius 1 is 1.50 bits per heavy atom. The molecular formula is C13H18O3. The van der Waals surface area contributed by atoms with E-state index in [1.165, 1.54) is 0 Å². The van der Waals surface area contributed by atoms with Crippen molar-refractivity contribution in [3.63, 3.8) is 0 Å². The number of carboxylic acid groups (broad SMARTS) is 1. The van der Waals surface area contributed by atoms with Gasteiger partial charge in [0, 0.05) is 0 Å². The Balaban J connectivity index is 2.98. The number of benzene rings is 1. The van der Waals surface area contributed by atoms with Crippen LogP contribution < -0.4 is 4.74 Å². The molecule has 0 amide bonds. The van der Waals surface area contributed by atoms with E-state index in [0.29, 0.717) is 0 Å². The molecule has 0 aliphatic rings. The van der Waals surface area contributed by atoms with Crippen LogP contribution >= 0.6 is 0 Å². The van der Waals surface area contributed by atoms with Crippen LogP contribution in [-0.4, -0.2) is 18.2 Å². The Labute approximate surface area is 96.1 Å². The zero-order chi connectivity index (χ0) is 12.1. The summed E-state index contributed by atoms with van der Waals surface area (Å²) in [5, 5.41) is 9.04. The molecule has 0 bridgehead atoms. The second-order valence-corrected chi connectivity index (χ2v) is 3.92. The second kappa shape index (κ2) is 5.54. The predicted molar refractivity (Wildman–Crippen MR) is 62.8 cm³/mol. The fraction of sp³-hybridized carbons (Fsp3) is 0.462. The van der Waals surface area contributed by atoms with E-state index in [2.05, 4.69) is 0 Å². The van der Waals surface area contributed by atoms with Gasteiger partial charge in [0.05, 0.1) is 13.0 Å². The first kappa shape index (κ1) is 12.6. The zero-order valence-corrected chi connectivity index (χ0v) is 9.93. The van der Waals surface area contributed by atoms with Crippen LogP contribution in [0.3, 0.4) is 0 Å². The summed E-state index contributed by atoms with van der Waals surface area (Å²) in [5.41, 5.74) is 1.02. The fourth-order valence-electron chi connectivity index (χ4n) is 1.92. The SMILES string of the molecule is CC[C@@H](c1cccc(OC)c1)[C@@H](C)C(=O)O. The maximum absolute atomic E-state index is 11.0. The minimum atomic E-state index is -0.755. The molecule has 0 spiro atoms. The highest BCUT2D eigenvalue weighted by molar-refractivity contribution is 5.71. The van der Waals surface area contributed by atoms with Crippen LogP contribution in [0.15, 0.2) is 24.3 Å². The molecule has 0 fully saturated rings. The Kier molecular flexibility index (Phi) is 4.35. The van der Waals surface area contributed by atoms with E-state index < -0.39 is 5.97 Å². The van der Waals surface area contributed by atoms with E-state index in [0.717, 1.165) is 17.7 Å². The summed E-state index contributed by atoms with van der Waals surface area (Å²) in [6, 6.07) is 7.62. The van der Waals surface area contributed by atoms with Crippen molar-refractivity contribution < 1.29 is 14.6 Å². The molecular weight excluding hydrogens is 204 g/mol. The molecule has 0 saturated heterocycles. The Bertz CT molecular complexity index is 360. The number of methoxy groups -OCH3 is 1. The van der Waals surface area contributed by atoms with Gasteiger partial charge in [0.15, 0.2) is 0 Å². The van der Waals surface area contributed by atoms with Crippen molar-refractivity contribution in [2.24, 2.45) is 5.92 Å². The third-order valence-corrected chi connectivity index (χ3v) is 2.95. The molecule has 1 aromatic rings. The van der Waals surface area contributed by atoms with E-state index in [-0.39, 0.29) is 11.8 Å². The summed E-state index contributed by atoms with van der Waals surface area (Å²) < 4.78 is 5.14. The summed E-state index contributed by atoms with van der Waals surface area (Å²) in [4.78, 5) is 11.0. The minimum absolute atomic E-state index is 0.0348. The summed E-state index contributed by atoms with van der Waals surface area (Å²) in [7, 11) is 1.61. The van der Waals surface area contributed by atoms with Gasteiger partial charge in [0.1, 0.15) is 5.75 Å². The molecule has 1 rings (SSSR count). The lowest BCUT2D eigenvalue weighted by atomic mass is 9.85. The van der Waals surface area contributed by atoms with Crippen molar-refractivity contribution in [2.45, 2.75) is 26.2 Å². The third kappa shape index (κ3) is 2.75. The van der Waals surface area contributed by atoms with Crippen molar-refractivity contribution >= 4 is 5.97 Å². The minimum Gasteiger partial charge on any atom is -0.497 e. The van der Waals surface area contributed by atoms with Gasteiger partial charge < -0.3 is 9.84 Å². The summed E-state index contributed by atoms with van der Waals surface area (Å²) in [6.07, 6.45) is 0.806. The van der Waals surface area contributed by atoms with Crippen molar-refractivity contribution in [1.82, 2.24) is 0 Å². The van der Waals surface area contributed by atoms with Crippen molar-refractivity contribution in [3.8, 4) is 5.75 Å². The number of hydrogen-bond donors (Lipinski definition) is 1. The number of carboxylic acids is 1. The first-order valence-electron chi connectivity index (χ1n) is 5.46. The molecule has 3 heteroatoms. The zero-order valence-electron chi connectivity index (χ0n) is 9.93. The number of aliphatic carboxylic acids is 1. The summed E-state index contributed by atoms with van der Waals surface area (Å²) in [5.74, 6) is -0.326. The fourth-order valence-corrected chi connectivity index (χ4v) is 1.92. The molecule has 0 aliphatic carbocycles. The smallest absolute Gasteiger partial charge is 0.306 e. The third-order valence-electron chi connectivity index (χ3n) is 2.95. The van der Waals surface area contributed by atoms with Crippen LogP contribution in [0.2, 0.25) is 0 Å². The normalized spacial score (nSPS) is 14.2. The largest absolute Gasteiger partial charge is 0.497 e. The van der Waals surface area contributed by atoms with E-state index in [9.17, 15) is 4.79 Å². The van der Waals surface area contributed by atoms with Crippen LogP contribution in [0.1, 0.15) is 31.7 Å². The molecule has 1 N–H and O–H groups in total. The Hall–Kier alpha value is -1.51. The lowest BCUT2D eigenvalue weighted by Crippen LogP contribution is -2.18. The van der Waals surface area contributed by atoms with E-state index in [1.807, 2.05) is 31.2 Å². The number of hydrogen-bond acceptors (Lipinski definition) is 2. The van der Waals surface area contributed by atoms with E-state index >= 15 is 0 Å². The van der Waals surface area contributed by atoms with Crippen LogP contribution in [0.5, 0.6) is 5.75 Å². The Morgan fingerprint density at radius 2 is 2.19 bits per heavy atom. The molecule has 88 valence electrons. The molecule has 16 heavy (non-hydrogen) atoms. The van der Waals surface area contributed by atoms with Crippen molar-refractivity contribution in [2.75, 3.05) is 7.11 Å². The average Bonchev–Trinajstić information content (AvgIpc) is 2.30. The summed E-state index contributed by atoms with van der Waals surface area (Å²) in [6.45, 7) is 3.75. The van der Waals surface area contributed by atoms with Gasteiger partial charge in [0.2, 0.25) is 0 Å². The Morgan fingerprint density at radius 3 is 2.69 bits per heavy atom. The van der Waals surface area contributed by atoms with Gasteiger partial charge in [-0.2, -0.15) is 0 Å². The maximum atomic E-state index is 11.0. The van der Waals surface area contributed by atoms with Crippen LogP contribution in [0.25, 0.3) is 0 Å². The lowest BCUT2D eigenvalue weighted by Gasteiger charge is -2.20. The van der Waals surface area contributed by atoms with Gasteiger partial charge in [-0.15, -0.1) is 0 Å². The monoisotopic (exact) mass is 222 g/mol. The first-order chi connectivity index (χ1) is 7.60. The van der Waals surface area contributed by atoms with Crippen LogP contribution in [0.4, 0.5) is 0 Å². The molecule has 0 saturated carbocycles. The highest BCUT2D eigenvalue weighted by Crippen LogP contribution is 2.30. The van der Waals surface area contributed by atoms with Gasteiger partial charge in [-0.1, -0.05) is 26.0 Å². The molecule has 2 atom stereocenters. The second-order valence-electron chi connectivity index (χ2n) is 3.92. The molecule has 3 nitrogen and oxygen atoms in total. The van der Waals surface area contributed by atoms with Gasteiger partial charge >= 0.3 is 5.97 Å². The number of rotatable bonds is 5. The van der Waals surface area contributed by atoms with Crippen LogP contribution in [0, 0.1) is 5.92 Å². The first-order valence-corrected chi connectivity index (χ1v) is 5.46. The molecule has 0 unspecified atom stereocenters. The predicted octanol–water partition coefficient (Wildman–Crippen LogP) is 2.91. The standard InChI is InChI=1S/C13H18O3/c1-4-12(9(2)13(14)15)10-6-5-7-11(8-10)16-3/h5-9,12H,4H2,1-3H3,(H,14,15)/t9-,12-/m1/s1.